The van der Waals surface area contributed by atoms with E-state index in [0.29, 0.717) is 12.6 Å². The van der Waals surface area contributed by atoms with Crippen molar-refractivity contribution >= 4 is 0 Å². The molecule has 0 aliphatic carbocycles. The Bertz CT molecular complexity index is 621. The fourth-order valence-corrected chi connectivity index (χ4v) is 3.22. The highest BCUT2D eigenvalue weighted by molar-refractivity contribution is 5.43. The van der Waals surface area contributed by atoms with Crippen molar-refractivity contribution in [3.63, 3.8) is 0 Å². The highest BCUT2D eigenvalue weighted by Gasteiger charge is 2.36. The van der Waals surface area contributed by atoms with E-state index >= 15 is 0 Å². The minimum atomic E-state index is -1.21. The van der Waals surface area contributed by atoms with Gasteiger partial charge in [-0.3, -0.25) is 0 Å². The number of nitrogens with one attached hydrogen (secondary N) is 1. The largest absolute Gasteiger partial charge is 0.392 e. The van der Waals surface area contributed by atoms with Crippen molar-refractivity contribution in [2.24, 2.45) is 0 Å². The third kappa shape index (κ3) is 4.23. The molecule has 0 aromatic heterocycles. The highest BCUT2D eigenvalue weighted by atomic mass is 16.3. The summed E-state index contributed by atoms with van der Waals surface area (Å²) in [4.78, 5) is 0. The van der Waals surface area contributed by atoms with E-state index < -0.39 is 11.7 Å². The molecular weight excluding hydrogens is 298 g/mol. The van der Waals surface area contributed by atoms with Crippen molar-refractivity contribution in [1.82, 2.24) is 5.32 Å². The van der Waals surface area contributed by atoms with Crippen LogP contribution in [-0.2, 0) is 5.60 Å². The van der Waals surface area contributed by atoms with Crippen molar-refractivity contribution in [1.29, 1.82) is 0 Å². The molecule has 3 nitrogen and oxygen atoms in total. The van der Waals surface area contributed by atoms with Crippen LogP contribution >= 0.6 is 0 Å². The summed E-state index contributed by atoms with van der Waals surface area (Å²) in [5.41, 5.74) is 2.53. The summed E-state index contributed by atoms with van der Waals surface area (Å²) in [6.07, 6.45) is -0.390. The van der Waals surface area contributed by atoms with Crippen LogP contribution in [0.4, 0.5) is 0 Å². The van der Waals surface area contributed by atoms with Gasteiger partial charge in [0.2, 0.25) is 0 Å². The van der Waals surface area contributed by atoms with Crippen LogP contribution in [0.25, 0.3) is 0 Å². The molecule has 0 fully saturated rings. The summed E-state index contributed by atoms with van der Waals surface area (Å²) >= 11 is 0. The predicted octanol–water partition coefficient (Wildman–Crippen LogP) is 3.29. The Hall–Kier alpha value is -1.68. The summed E-state index contributed by atoms with van der Waals surface area (Å²) in [7, 11) is 0. The molecule has 0 radical (unpaired) electrons. The first-order valence-corrected chi connectivity index (χ1v) is 8.60. The van der Waals surface area contributed by atoms with E-state index in [0.717, 1.165) is 22.3 Å². The molecule has 0 saturated carbocycles. The van der Waals surface area contributed by atoms with Crippen LogP contribution in [0.2, 0.25) is 0 Å². The lowest BCUT2D eigenvalue weighted by molar-refractivity contribution is 0.0164. The Morgan fingerprint density at radius 3 is 1.79 bits per heavy atom. The normalized spacial score (nSPS) is 13.3. The van der Waals surface area contributed by atoms with Crippen LogP contribution in [0.1, 0.15) is 42.5 Å². The van der Waals surface area contributed by atoms with Crippen molar-refractivity contribution in [3.8, 4) is 0 Å². The van der Waals surface area contributed by atoms with Crippen LogP contribution in [0.15, 0.2) is 48.5 Å². The van der Waals surface area contributed by atoms with Crippen LogP contribution in [0.3, 0.4) is 0 Å². The minimum Gasteiger partial charge on any atom is -0.392 e. The maximum atomic E-state index is 11.7. The molecule has 2 aromatic carbocycles. The number of benzene rings is 2. The Morgan fingerprint density at radius 1 is 0.917 bits per heavy atom. The summed E-state index contributed by atoms with van der Waals surface area (Å²) in [6.45, 7) is 8.54. The Balaban J connectivity index is 2.43. The summed E-state index contributed by atoms with van der Waals surface area (Å²) < 4.78 is 0. The molecule has 0 spiro atoms. The number of aliphatic hydroxyl groups is 2. The lowest BCUT2D eigenvalue weighted by atomic mass is 9.78. The smallest absolute Gasteiger partial charge is 0.118 e. The van der Waals surface area contributed by atoms with Crippen LogP contribution in [-0.4, -0.2) is 28.9 Å². The summed E-state index contributed by atoms with van der Waals surface area (Å²) in [5.74, 6) is 0. The molecule has 1 atom stereocenters. The average Bonchev–Trinajstić information content (AvgIpc) is 2.53. The first kappa shape index (κ1) is 18.7. The molecular formula is C21H29NO2. The number of aryl methyl sites for hydroxylation is 2. The van der Waals surface area contributed by atoms with Crippen LogP contribution < -0.4 is 5.32 Å². The Kier molecular flexibility index (Phi) is 6.16. The van der Waals surface area contributed by atoms with E-state index in [1.54, 1.807) is 0 Å². The van der Waals surface area contributed by atoms with Crippen molar-refractivity contribution in [2.75, 3.05) is 6.54 Å². The molecule has 2 aromatic rings. The van der Waals surface area contributed by atoms with Gasteiger partial charge in [-0.2, -0.15) is 0 Å². The SMILES string of the molecule is Cc1ccccc1C(O)(C[C@@H](O)CNC(C)C)c1ccccc1C. The number of hydrogen-bond acceptors (Lipinski definition) is 3. The van der Waals surface area contributed by atoms with Crippen LogP contribution in [0, 0.1) is 13.8 Å². The molecule has 0 saturated heterocycles. The van der Waals surface area contributed by atoms with Crippen molar-refractivity contribution in [3.05, 3.63) is 70.8 Å². The quantitative estimate of drug-likeness (QED) is 0.731. The number of hydrogen-bond donors (Lipinski definition) is 3. The third-order valence-corrected chi connectivity index (χ3v) is 4.47. The van der Waals surface area contributed by atoms with E-state index in [-0.39, 0.29) is 6.42 Å². The van der Waals surface area contributed by atoms with Crippen LogP contribution in [0.5, 0.6) is 0 Å². The molecule has 0 unspecified atom stereocenters. The summed E-state index contributed by atoms with van der Waals surface area (Å²) in [6, 6.07) is 16.0. The lowest BCUT2D eigenvalue weighted by Gasteiger charge is -2.34. The second-order valence-electron chi connectivity index (χ2n) is 6.91. The van der Waals surface area contributed by atoms with Crippen molar-refractivity contribution < 1.29 is 10.2 Å². The molecule has 0 aliphatic heterocycles. The fraction of sp³-hybridized carbons (Fsp3) is 0.429. The highest BCUT2D eigenvalue weighted by Crippen LogP contribution is 2.37. The van der Waals surface area contributed by atoms with Gasteiger partial charge in [0.15, 0.2) is 0 Å². The van der Waals surface area contributed by atoms with Gasteiger partial charge in [-0.05, 0) is 36.1 Å². The van der Waals surface area contributed by atoms with Gasteiger partial charge >= 0.3 is 0 Å². The monoisotopic (exact) mass is 327 g/mol. The second-order valence-corrected chi connectivity index (χ2v) is 6.91. The molecule has 3 heteroatoms. The van der Waals surface area contributed by atoms with Gasteiger partial charge in [0.05, 0.1) is 6.10 Å². The Morgan fingerprint density at radius 2 is 1.38 bits per heavy atom. The summed E-state index contributed by atoms with van der Waals surface area (Å²) in [5, 5.41) is 25.4. The molecule has 130 valence electrons. The maximum absolute atomic E-state index is 11.7. The molecule has 24 heavy (non-hydrogen) atoms. The number of aliphatic hydroxyl groups excluding tert-OH is 1. The maximum Gasteiger partial charge on any atom is 0.118 e. The zero-order valence-electron chi connectivity index (χ0n) is 15.1. The zero-order chi connectivity index (χ0) is 17.7. The Labute approximate surface area is 145 Å². The fourth-order valence-electron chi connectivity index (χ4n) is 3.22. The van der Waals surface area contributed by atoms with Gasteiger partial charge < -0.3 is 15.5 Å². The first-order valence-electron chi connectivity index (χ1n) is 8.60. The molecule has 3 N–H and O–H groups in total. The van der Waals surface area contributed by atoms with E-state index in [1.807, 2.05) is 76.2 Å². The van der Waals surface area contributed by atoms with Gasteiger partial charge in [0, 0.05) is 19.0 Å². The van der Waals surface area contributed by atoms with Crippen molar-refractivity contribution in [2.45, 2.75) is 51.9 Å². The molecule has 0 heterocycles. The average molecular weight is 327 g/mol. The van der Waals surface area contributed by atoms with Gasteiger partial charge in [0.25, 0.3) is 0 Å². The van der Waals surface area contributed by atoms with Gasteiger partial charge in [-0.25, -0.2) is 0 Å². The molecule has 2 rings (SSSR count). The minimum absolute atomic E-state index is 0.252. The van der Waals surface area contributed by atoms with Gasteiger partial charge in [-0.15, -0.1) is 0 Å². The molecule has 0 bridgehead atoms. The molecule has 0 amide bonds. The van der Waals surface area contributed by atoms with E-state index in [9.17, 15) is 10.2 Å². The molecule has 0 aliphatic rings. The predicted molar refractivity (Wildman–Crippen MR) is 99.1 cm³/mol. The lowest BCUT2D eigenvalue weighted by Crippen LogP contribution is -2.39. The first-order chi connectivity index (χ1) is 11.3. The van der Waals surface area contributed by atoms with Gasteiger partial charge in [-0.1, -0.05) is 62.4 Å². The van der Waals surface area contributed by atoms with Gasteiger partial charge in [0.1, 0.15) is 5.60 Å². The second kappa shape index (κ2) is 7.93. The zero-order valence-corrected chi connectivity index (χ0v) is 15.1. The van der Waals surface area contributed by atoms with E-state index in [4.69, 9.17) is 0 Å². The van der Waals surface area contributed by atoms with E-state index in [2.05, 4.69) is 5.32 Å². The third-order valence-electron chi connectivity index (χ3n) is 4.47. The topological polar surface area (TPSA) is 52.5 Å². The van der Waals surface area contributed by atoms with E-state index in [1.165, 1.54) is 0 Å². The number of rotatable bonds is 7. The standard InChI is InChI=1S/C21H29NO2/c1-15(2)22-14-18(23)13-21(24,19-11-7-5-9-16(19)3)20-12-8-6-10-17(20)4/h5-12,15,18,22-24H,13-14H2,1-4H3/t18-/m1/s1.